The molecule has 3 N–H and O–H groups in total. The summed E-state index contributed by atoms with van der Waals surface area (Å²) in [5.41, 5.74) is 2.12. The maximum absolute atomic E-state index is 12.1. The lowest BCUT2D eigenvalue weighted by Gasteiger charge is -2.16. The minimum Gasteiger partial charge on any atom is -0.445 e. The number of amides is 2. The molecule has 162 valence electrons. The number of carbonyl (C=O) groups is 2. The number of anilines is 1. The number of benzene rings is 2. The van der Waals surface area contributed by atoms with Gasteiger partial charge < -0.3 is 15.4 Å². The van der Waals surface area contributed by atoms with Crippen LogP contribution in [0.25, 0.3) is 0 Å². The third-order valence-electron chi connectivity index (χ3n) is 4.13. The normalized spacial score (nSPS) is 11.9. The molecule has 1 unspecified atom stereocenters. The van der Waals surface area contributed by atoms with E-state index in [1.54, 1.807) is 18.2 Å². The first-order valence-electron chi connectivity index (χ1n) is 9.54. The Morgan fingerprint density at radius 2 is 1.80 bits per heavy atom. The van der Waals surface area contributed by atoms with E-state index in [1.807, 2.05) is 43.3 Å². The van der Waals surface area contributed by atoms with Crippen LogP contribution < -0.4 is 15.4 Å². The molecule has 0 bridgehead atoms. The van der Waals surface area contributed by atoms with Gasteiger partial charge in [-0.15, -0.1) is 0 Å². The van der Waals surface area contributed by atoms with Crippen molar-refractivity contribution in [3.63, 3.8) is 0 Å². The number of nitrogens with one attached hydrogen (secondary N) is 3. The van der Waals surface area contributed by atoms with Crippen LogP contribution in [0, 0.1) is 0 Å². The van der Waals surface area contributed by atoms with Gasteiger partial charge in [0.2, 0.25) is 15.9 Å². The van der Waals surface area contributed by atoms with Gasteiger partial charge in [0.15, 0.2) is 0 Å². The maximum atomic E-state index is 12.1. The highest BCUT2D eigenvalue weighted by Crippen LogP contribution is 2.18. The molecule has 0 saturated heterocycles. The quantitative estimate of drug-likeness (QED) is 0.499. The van der Waals surface area contributed by atoms with Crippen LogP contribution in [0.4, 0.5) is 10.5 Å². The molecule has 2 aromatic rings. The van der Waals surface area contributed by atoms with Crippen molar-refractivity contribution in [2.75, 3.05) is 17.5 Å². The fourth-order valence-corrected chi connectivity index (χ4v) is 3.25. The Labute approximate surface area is 177 Å². The van der Waals surface area contributed by atoms with E-state index in [0.717, 1.165) is 17.4 Å². The minimum atomic E-state index is -3.37. The van der Waals surface area contributed by atoms with Crippen molar-refractivity contribution in [1.29, 1.82) is 0 Å². The highest BCUT2D eigenvalue weighted by molar-refractivity contribution is 7.92. The predicted octanol–water partition coefficient (Wildman–Crippen LogP) is 2.94. The van der Waals surface area contributed by atoms with Crippen molar-refractivity contribution in [1.82, 2.24) is 10.6 Å². The summed E-state index contributed by atoms with van der Waals surface area (Å²) in [5, 5.41) is 5.48. The number of alkyl carbamates (subject to hydrolysis) is 1. The molecule has 2 amide bonds. The largest absolute Gasteiger partial charge is 0.445 e. The van der Waals surface area contributed by atoms with Gasteiger partial charge in [-0.05, 0) is 36.6 Å². The van der Waals surface area contributed by atoms with E-state index in [-0.39, 0.29) is 25.0 Å². The van der Waals surface area contributed by atoms with Crippen LogP contribution in [0.1, 0.15) is 36.9 Å². The summed E-state index contributed by atoms with van der Waals surface area (Å²) in [4.78, 5) is 23.8. The van der Waals surface area contributed by atoms with Crippen LogP contribution in [-0.4, -0.2) is 33.2 Å². The predicted molar refractivity (Wildman–Crippen MR) is 115 cm³/mol. The summed E-state index contributed by atoms with van der Waals surface area (Å²) in [6.45, 7) is 2.33. The molecular weight excluding hydrogens is 406 g/mol. The first kappa shape index (κ1) is 23.2. The van der Waals surface area contributed by atoms with Gasteiger partial charge in [-0.1, -0.05) is 42.5 Å². The van der Waals surface area contributed by atoms with E-state index in [4.69, 9.17) is 4.74 Å². The second-order valence-corrected chi connectivity index (χ2v) is 8.63. The van der Waals surface area contributed by atoms with Crippen LogP contribution >= 0.6 is 0 Å². The maximum Gasteiger partial charge on any atom is 0.407 e. The Morgan fingerprint density at radius 3 is 2.50 bits per heavy atom. The number of hydrogen-bond acceptors (Lipinski definition) is 5. The molecule has 1 atom stereocenters. The third kappa shape index (κ3) is 8.95. The van der Waals surface area contributed by atoms with Gasteiger partial charge in [0.25, 0.3) is 0 Å². The van der Waals surface area contributed by atoms with Crippen molar-refractivity contribution in [2.45, 2.75) is 32.4 Å². The van der Waals surface area contributed by atoms with Crippen LogP contribution in [0.2, 0.25) is 0 Å². The summed E-state index contributed by atoms with van der Waals surface area (Å²) >= 11 is 0. The molecule has 0 radical (unpaired) electrons. The number of hydrogen-bond donors (Lipinski definition) is 3. The lowest BCUT2D eigenvalue weighted by molar-refractivity contribution is -0.121. The van der Waals surface area contributed by atoms with Gasteiger partial charge in [0.05, 0.1) is 12.3 Å². The summed E-state index contributed by atoms with van der Waals surface area (Å²) < 4.78 is 30.2. The van der Waals surface area contributed by atoms with Crippen LogP contribution in [0.3, 0.4) is 0 Å². The molecule has 2 aromatic carbocycles. The fraction of sp³-hybridized carbons (Fsp3) is 0.333. The monoisotopic (exact) mass is 433 g/mol. The van der Waals surface area contributed by atoms with E-state index in [0.29, 0.717) is 18.7 Å². The average Bonchev–Trinajstić information content (AvgIpc) is 2.69. The van der Waals surface area contributed by atoms with Crippen LogP contribution in [0.5, 0.6) is 0 Å². The van der Waals surface area contributed by atoms with Crippen LogP contribution in [0.15, 0.2) is 54.6 Å². The molecule has 0 aliphatic carbocycles. The zero-order valence-corrected chi connectivity index (χ0v) is 17.9. The Hall–Kier alpha value is -3.07. The van der Waals surface area contributed by atoms with Crippen LogP contribution in [-0.2, 0) is 26.2 Å². The molecule has 0 saturated carbocycles. The van der Waals surface area contributed by atoms with Crippen molar-refractivity contribution >= 4 is 27.7 Å². The average molecular weight is 434 g/mol. The first-order valence-corrected chi connectivity index (χ1v) is 11.4. The number of sulfonamides is 1. The standard InChI is InChI=1S/C21H27N3O5S/c1-16(18-10-6-11-19(14-18)24-30(2,27)28)23-20(25)12-7-13-22-21(26)29-15-17-8-4-3-5-9-17/h3-6,8-11,14,16,24H,7,12-13,15H2,1-2H3,(H,22,26)(H,23,25). The van der Waals surface area contributed by atoms with Gasteiger partial charge in [-0.3, -0.25) is 9.52 Å². The molecule has 8 nitrogen and oxygen atoms in total. The molecular formula is C21H27N3O5S. The second-order valence-electron chi connectivity index (χ2n) is 6.88. The highest BCUT2D eigenvalue weighted by atomic mass is 32.2. The summed E-state index contributed by atoms with van der Waals surface area (Å²) in [6, 6.07) is 15.9. The third-order valence-corrected chi connectivity index (χ3v) is 4.74. The fourth-order valence-electron chi connectivity index (χ4n) is 2.70. The van der Waals surface area contributed by atoms with Gasteiger partial charge in [0.1, 0.15) is 6.61 Å². The topological polar surface area (TPSA) is 114 Å². The molecule has 30 heavy (non-hydrogen) atoms. The summed E-state index contributed by atoms with van der Waals surface area (Å²) in [6.07, 6.45) is 1.26. The van der Waals surface area contributed by atoms with Gasteiger partial charge in [0, 0.05) is 18.7 Å². The molecule has 0 aromatic heterocycles. The molecule has 0 aliphatic heterocycles. The van der Waals surface area contributed by atoms with Gasteiger partial charge in [-0.25, -0.2) is 13.2 Å². The second kappa shape index (κ2) is 11.2. The van der Waals surface area contributed by atoms with Gasteiger partial charge >= 0.3 is 6.09 Å². The van der Waals surface area contributed by atoms with E-state index < -0.39 is 16.1 Å². The number of ether oxygens (including phenoxy) is 1. The van der Waals surface area contributed by atoms with Crippen molar-refractivity contribution in [3.8, 4) is 0 Å². The van der Waals surface area contributed by atoms with E-state index in [2.05, 4.69) is 15.4 Å². The zero-order chi connectivity index (χ0) is 22.0. The molecule has 0 aliphatic rings. The lowest BCUT2D eigenvalue weighted by Crippen LogP contribution is -2.29. The van der Waals surface area contributed by atoms with Gasteiger partial charge in [-0.2, -0.15) is 0 Å². The molecule has 0 fully saturated rings. The number of carbonyl (C=O) groups excluding carboxylic acids is 2. The highest BCUT2D eigenvalue weighted by Gasteiger charge is 2.11. The SMILES string of the molecule is CC(NC(=O)CCCNC(=O)OCc1ccccc1)c1cccc(NS(C)(=O)=O)c1. The summed E-state index contributed by atoms with van der Waals surface area (Å²) in [5.74, 6) is -0.163. The molecule has 0 heterocycles. The Balaban J connectivity index is 1.68. The minimum absolute atomic E-state index is 0.163. The Kier molecular flexibility index (Phi) is 8.67. The van der Waals surface area contributed by atoms with Crippen molar-refractivity contribution in [3.05, 3.63) is 65.7 Å². The van der Waals surface area contributed by atoms with Crippen molar-refractivity contribution in [2.24, 2.45) is 0 Å². The van der Waals surface area contributed by atoms with E-state index in [1.165, 1.54) is 0 Å². The van der Waals surface area contributed by atoms with E-state index in [9.17, 15) is 18.0 Å². The Morgan fingerprint density at radius 1 is 1.07 bits per heavy atom. The molecule has 0 spiro atoms. The smallest absolute Gasteiger partial charge is 0.407 e. The first-order chi connectivity index (χ1) is 14.2. The zero-order valence-electron chi connectivity index (χ0n) is 17.1. The molecule has 9 heteroatoms. The lowest BCUT2D eigenvalue weighted by atomic mass is 10.1. The molecule has 2 rings (SSSR count). The Bertz CT molecular complexity index is 948. The van der Waals surface area contributed by atoms with Crippen molar-refractivity contribution < 1.29 is 22.7 Å². The van der Waals surface area contributed by atoms with E-state index >= 15 is 0 Å². The summed E-state index contributed by atoms with van der Waals surface area (Å²) in [7, 11) is -3.37. The number of rotatable bonds is 10.